The Bertz CT molecular complexity index is 1130. The lowest BCUT2D eigenvalue weighted by atomic mass is 10.0. The van der Waals surface area contributed by atoms with Gasteiger partial charge in [-0.2, -0.15) is 0 Å². The standard InChI is InChI=1S/C23H24ClF3N2O3S2/c24-21-19-6-2-3-7-20(19)33-22(21)29(34(30)31)15-17(28-12-4-1-5-13-28)14-16-8-10-18(11-9-16)32-23(25,26)27/h2-3,6-11,17H,1,4-5,12-15H2,(H,30,31). The minimum absolute atomic E-state index is 0.132. The molecule has 0 radical (unpaired) electrons. The van der Waals surface area contributed by atoms with Crippen molar-refractivity contribution < 1.29 is 26.7 Å². The zero-order chi connectivity index (χ0) is 24.3. The third kappa shape index (κ3) is 6.23. The maximum absolute atomic E-state index is 12.5. The predicted molar refractivity (Wildman–Crippen MR) is 131 cm³/mol. The van der Waals surface area contributed by atoms with E-state index in [4.69, 9.17) is 11.6 Å². The van der Waals surface area contributed by atoms with Crippen LogP contribution in [0.1, 0.15) is 24.8 Å². The largest absolute Gasteiger partial charge is 0.573 e. The van der Waals surface area contributed by atoms with Crippen LogP contribution in [0.15, 0.2) is 48.5 Å². The number of fused-ring (bicyclic) bond motifs is 1. The molecule has 2 aromatic carbocycles. The third-order valence-electron chi connectivity index (χ3n) is 5.84. The van der Waals surface area contributed by atoms with Crippen molar-refractivity contribution in [3.8, 4) is 5.75 Å². The molecule has 1 aromatic heterocycles. The smallest absolute Gasteiger partial charge is 0.406 e. The average Bonchev–Trinajstić information content (AvgIpc) is 3.13. The highest BCUT2D eigenvalue weighted by atomic mass is 35.5. The van der Waals surface area contributed by atoms with Crippen LogP contribution in [-0.2, 0) is 17.7 Å². The molecule has 11 heteroatoms. The van der Waals surface area contributed by atoms with E-state index in [2.05, 4.69) is 9.64 Å². The van der Waals surface area contributed by atoms with Gasteiger partial charge in [0.15, 0.2) is 0 Å². The van der Waals surface area contributed by atoms with Crippen LogP contribution < -0.4 is 9.04 Å². The van der Waals surface area contributed by atoms with Gasteiger partial charge in [-0.1, -0.05) is 48.4 Å². The molecule has 0 aliphatic carbocycles. The van der Waals surface area contributed by atoms with E-state index >= 15 is 0 Å². The Kier molecular flexibility index (Phi) is 8.04. The first kappa shape index (κ1) is 25.2. The first-order valence-electron chi connectivity index (χ1n) is 10.9. The van der Waals surface area contributed by atoms with E-state index in [0.29, 0.717) is 16.4 Å². The van der Waals surface area contributed by atoms with E-state index in [-0.39, 0.29) is 18.3 Å². The molecule has 0 bridgehead atoms. The fourth-order valence-corrected chi connectivity index (χ4v) is 6.60. The second-order valence-electron chi connectivity index (χ2n) is 8.16. The summed E-state index contributed by atoms with van der Waals surface area (Å²) in [5.74, 6) is -0.277. The summed E-state index contributed by atoms with van der Waals surface area (Å²) in [4.78, 5) is 2.28. The zero-order valence-electron chi connectivity index (χ0n) is 18.1. The Morgan fingerprint density at radius 3 is 2.41 bits per heavy atom. The molecule has 2 heterocycles. The number of anilines is 1. The summed E-state index contributed by atoms with van der Waals surface area (Å²) in [7, 11) is 0. The van der Waals surface area contributed by atoms with Crippen molar-refractivity contribution in [2.75, 3.05) is 23.9 Å². The third-order valence-corrected chi connectivity index (χ3v) is 8.36. The molecule has 34 heavy (non-hydrogen) atoms. The molecule has 1 fully saturated rings. The van der Waals surface area contributed by atoms with E-state index in [9.17, 15) is 21.9 Å². The molecule has 1 aliphatic heterocycles. The van der Waals surface area contributed by atoms with Crippen LogP contribution in [0.2, 0.25) is 5.02 Å². The quantitative estimate of drug-likeness (QED) is 0.337. The van der Waals surface area contributed by atoms with Crippen molar-refractivity contribution in [3.05, 3.63) is 59.1 Å². The predicted octanol–water partition coefficient (Wildman–Crippen LogP) is 6.49. The number of piperidine rings is 1. The Morgan fingerprint density at radius 1 is 1.12 bits per heavy atom. The van der Waals surface area contributed by atoms with E-state index in [1.54, 1.807) is 12.1 Å². The van der Waals surface area contributed by atoms with Gasteiger partial charge in [-0.05, 0) is 56.1 Å². The molecule has 2 unspecified atom stereocenters. The fraction of sp³-hybridized carbons (Fsp3) is 0.391. The highest BCUT2D eigenvalue weighted by Crippen LogP contribution is 2.42. The lowest BCUT2D eigenvalue weighted by Gasteiger charge is -2.37. The SMILES string of the molecule is O=S(O)N(CC(Cc1ccc(OC(F)(F)F)cc1)N1CCCCC1)c1sc2ccccc2c1Cl. The molecule has 1 aliphatic rings. The van der Waals surface area contributed by atoms with Gasteiger partial charge in [-0.25, -0.2) is 4.21 Å². The Morgan fingerprint density at radius 2 is 1.79 bits per heavy atom. The number of thiophene rings is 1. The van der Waals surface area contributed by atoms with Crippen molar-refractivity contribution in [2.45, 2.75) is 38.1 Å². The number of benzene rings is 2. The van der Waals surface area contributed by atoms with Gasteiger partial charge in [0.1, 0.15) is 10.8 Å². The van der Waals surface area contributed by atoms with Crippen LogP contribution in [0.5, 0.6) is 5.75 Å². The number of alkyl halides is 3. The maximum atomic E-state index is 12.5. The van der Waals surface area contributed by atoms with Gasteiger partial charge in [0, 0.05) is 16.1 Å². The maximum Gasteiger partial charge on any atom is 0.573 e. The van der Waals surface area contributed by atoms with Crippen LogP contribution in [0.25, 0.3) is 10.1 Å². The van der Waals surface area contributed by atoms with Crippen LogP contribution in [0, 0.1) is 0 Å². The van der Waals surface area contributed by atoms with E-state index in [1.165, 1.54) is 27.8 Å². The molecule has 184 valence electrons. The molecule has 1 saturated heterocycles. The van der Waals surface area contributed by atoms with Crippen molar-refractivity contribution >= 4 is 49.3 Å². The van der Waals surface area contributed by atoms with E-state index in [0.717, 1.165) is 48.0 Å². The summed E-state index contributed by atoms with van der Waals surface area (Å²) in [6.45, 7) is 1.95. The molecular formula is C23H24ClF3N2O3S2. The van der Waals surface area contributed by atoms with Gasteiger partial charge in [0.25, 0.3) is 11.3 Å². The van der Waals surface area contributed by atoms with Crippen molar-refractivity contribution in [1.82, 2.24) is 4.90 Å². The summed E-state index contributed by atoms with van der Waals surface area (Å²) in [6.07, 6.45) is -1.05. The van der Waals surface area contributed by atoms with Crippen molar-refractivity contribution in [3.63, 3.8) is 0 Å². The monoisotopic (exact) mass is 532 g/mol. The second-order valence-corrected chi connectivity index (χ2v) is 10.5. The summed E-state index contributed by atoms with van der Waals surface area (Å²) in [5.41, 5.74) is 0.816. The van der Waals surface area contributed by atoms with Gasteiger partial charge >= 0.3 is 6.36 Å². The number of halogens is 4. The topological polar surface area (TPSA) is 53.0 Å². The first-order valence-corrected chi connectivity index (χ1v) is 13.1. The number of hydrogen-bond acceptors (Lipinski definition) is 4. The molecule has 1 N–H and O–H groups in total. The minimum atomic E-state index is -4.74. The van der Waals surface area contributed by atoms with Crippen LogP contribution >= 0.6 is 22.9 Å². The first-order chi connectivity index (χ1) is 16.2. The van der Waals surface area contributed by atoms with Crippen molar-refractivity contribution in [1.29, 1.82) is 0 Å². The Hall–Kier alpha value is -1.85. The minimum Gasteiger partial charge on any atom is -0.406 e. The number of nitrogens with zero attached hydrogens (tertiary/aromatic N) is 2. The Labute approximate surface area is 207 Å². The molecule has 0 saturated carbocycles. The van der Waals surface area contributed by atoms with Crippen molar-refractivity contribution in [2.24, 2.45) is 0 Å². The lowest BCUT2D eigenvalue weighted by Crippen LogP contribution is -2.47. The fourth-order valence-electron chi connectivity index (χ4n) is 4.26. The van der Waals surface area contributed by atoms with Gasteiger partial charge < -0.3 is 4.74 Å². The molecular weight excluding hydrogens is 509 g/mol. The molecule has 3 aromatic rings. The highest BCUT2D eigenvalue weighted by Gasteiger charge is 2.31. The zero-order valence-corrected chi connectivity index (χ0v) is 20.5. The van der Waals surface area contributed by atoms with Gasteiger partial charge in [0.05, 0.1) is 11.6 Å². The average molecular weight is 533 g/mol. The number of ether oxygens (including phenoxy) is 1. The Balaban J connectivity index is 1.59. The van der Waals surface area contributed by atoms with Gasteiger partial charge in [-0.15, -0.1) is 24.5 Å². The summed E-state index contributed by atoms with van der Waals surface area (Å²) < 4.78 is 66.4. The lowest BCUT2D eigenvalue weighted by molar-refractivity contribution is -0.274. The molecule has 0 spiro atoms. The van der Waals surface area contributed by atoms with E-state index < -0.39 is 17.6 Å². The van der Waals surface area contributed by atoms with Gasteiger partial charge in [0.2, 0.25) is 0 Å². The summed E-state index contributed by atoms with van der Waals surface area (Å²) in [5, 5.41) is 1.79. The molecule has 5 nitrogen and oxygen atoms in total. The normalized spacial score (nSPS) is 17.0. The van der Waals surface area contributed by atoms with Crippen LogP contribution in [-0.4, -0.2) is 45.7 Å². The van der Waals surface area contributed by atoms with Crippen LogP contribution in [0.3, 0.4) is 0 Å². The highest BCUT2D eigenvalue weighted by molar-refractivity contribution is 7.81. The van der Waals surface area contributed by atoms with E-state index in [1.807, 2.05) is 24.3 Å². The number of likely N-dealkylation sites (tertiary alicyclic amines) is 1. The molecule has 2 atom stereocenters. The van der Waals surface area contributed by atoms with Crippen LogP contribution in [0.4, 0.5) is 18.2 Å². The second kappa shape index (κ2) is 10.8. The molecule has 0 amide bonds. The summed E-state index contributed by atoms with van der Waals surface area (Å²) in [6, 6.07) is 13.2. The van der Waals surface area contributed by atoms with Gasteiger partial charge in [-0.3, -0.25) is 13.8 Å². The molecule has 4 rings (SSSR count). The number of rotatable bonds is 8. The number of hydrogen-bond donors (Lipinski definition) is 1. The summed E-state index contributed by atoms with van der Waals surface area (Å²) >= 11 is 5.66.